The van der Waals surface area contributed by atoms with Crippen LogP contribution in [0.5, 0.6) is 5.75 Å². The van der Waals surface area contributed by atoms with Gasteiger partial charge in [-0.2, -0.15) is 0 Å². The van der Waals surface area contributed by atoms with Gasteiger partial charge in [0.2, 0.25) is 5.91 Å². The van der Waals surface area contributed by atoms with Crippen LogP contribution in [-0.4, -0.2) is 25.5 Å². The summed E-state index contributed by atoms with van der Waals surface area (Å²) < 4.78 is 10.5. The number of hydrogen-bond donors (Lipinski definition) is 0. The molecule has 2 aromatic carbocycles. The van der Waals surface area contributed by atoms with Crippen molar-refractivity contribution in [1.82, 2.24) is 0 Å². The normalized spacial score (nSPS) is 16.8. The minimum Gasteiger partial charge on any atom is -0.497 e. The highest BCUT2D eigenvalue weighted by Gasteiger charge is 2.36. The number of ether oxygens (including phenoxy) is 2. The molecule has 5 nitrogen and oxygen atoms in total. The number of hydrogen-bond acceptors (Lipinski definition) is 4. The molecule has 0 aliphatic carbocycles. The Morgan fingerprint density at radius 3 is 2.80 bits per heavy atom. The number of methoxy groups -OCH3 is 1. The molecule has 6 heteroatoms. The lowest BCUT2D eigenvalue weighted by atomic mass is 10.1. The minimum absolute atomic E-state index is 0.106. The summed E-state index contributed by atoms with van der Waals surface area (Å²) in [6.45, 7) is 0.452. The number of halogens is 1. The van der Waals surface area contributed by atoms with Gasteiger partial charge in [0.05, 0.1) is 13.0 Å². The van der Waals surface area contributed by atoms with Crippen molar-refractivity contribution >= 4 is 29.2 Å². The molecular weight excluding hydrogens is 342 g/mol. The van der Waals surface area contributed by atoms with Crippen molar-refractivity contribution in [2.45, 2.75) is 13.0 Å². The number of esters is 1. The summed E-state index contributed by atoms with van der Waals surface area (Å²) >= 11 is 5.97. The molecule has 1 aliphatic rings. The van der Waals surface area contributed by atoms with E-state index in [0.29, 0.717) is 23.0 Å². The minimum atomic E-state index is -0.475. The third kappa shape index (κ3) is 4.12. The van der Waals surface area contributed by atoms with E-state index in [1.165, 1.54) is 0 Å². The molecule has 0 spiro atoms. The molecule has 0 saturated carbocycles. The van der Waals surface area contributed by atoms with Crippen molar-refractivity contribution in [1.29, 1.82) is 0 Å². The van der Waals surface area contributed by atoms with Gasteiger partial charge in [0.1, 0.15) is 12.4 Å². The Morgan fingerprint density at radius 2 is 2.04 bits per heavy atom. The SMILES string of the molecule is COc1cccc(COC(=O)C2CC(=O)N(c3cccc(Cl)c3)C2)c1. The number of carbonyl (C=O) groups is 2. The fraction of sp³-hybridized carbons (Fsp3) is 0.263. The van der Waals surface area contributed by atoms with E-state index in [0.717, 1.165) is 5.56 Å². The molecule has 0 bridgehead atoms. The first-order valence-electron chi connectivity index (χ1n) is 7.92. The van der Waals surface area contributed by atoms with Crippen LogP contribution < -0.4 is 9.64 Å². The number of carbonyl (C=O) groups excluding carboxylic acids is 2. The highest BCUT2D eigenvalue weighted by molar-refractivity contribution is 6.30. The lowest BCUT2D eigenvalue weighted by Crippen LogP contribution is -2.26. The summed E-state index contributed by atoms with van der Waals surface area (Å²) in [4.78, 5) is 26.1. The number of amides is 1. The predicted octanol–water partition coefficient (Wildman–Crippen LogP) is 3.44. The van der Waals surface area contributed by atoms with E-state index < -0.39 is 5.92 Å². The van der Waals surface area contributed by atoms with Gasteiger partial charge in [0.15, 0.2) is 0 Å². The monoisotopic (exact) mass is 359 g/mol. The smallest absolute Gasteiger partial charge is 0.311 e. The maximum absolute atomic E-state index is 12.3. The van der Waals surface area contributed by atoms with Crippen LogP contribution in [0.3, 0.4) is 0 Å². The van der Waals surface area contributed by atoms with Gasteiger partial charge < -0.3 is 14.4 Å². The van der Waals surface area contributed by atoms with Crippen molar-refractivity contribution in [2.24, 2.45) is 5.92 Å². The molecule has 3 rings (SSSR count). The van der Waals surface area contributed by atoms with Crippen molar-refractivity contribution in [3.63, 3.8) is 0 Å². The highest BCUT2D eigenvalue weighted by atomic mass is 35.5. The van der Waals surface area contributed by atoms with E-state index in [1.54, 1.807) is 36.3 Å². The molecule has 1 saturated heterocycles. The van der Waals surface area contributed by atoms with Gasteiger partial charge in [-0.1, -0.05) is 29.8 Å². The zero-order valence-electron chi connectivity index (χ0n) is 13.8. The van der Waals surface area contributed by atoms with E-state index in [-0.39, 0.29) is 24.9 Å². The predicted molar refractivity (Wildman–Crippen MR) is 94.7 cm³/mol. The molecule has 1 heterocycles. The van der Waals surface area contributed by atoms with Gasteiger partial charge in [-0.15, -0.1) is 0 Å². The molecule has 0 radical (unpaired) electrons. The second kappa shape index (κ2) is 7.57. The van der Waals surface area contributed by atoms with Crippen molar-refractivity contribution in [3.8, 4) is 5.75 Å². The Kier molecular flexibility index (Phi) is 5.24. The average molecular weight is 360 g/mol. The van der Waals surface area contributed by atoms with Crippen molar-refractivity contribution in [3.05, 3.63) is 59.1 Å². The number of rotatable bonds is 5. The van der Waals surface area contributed by atoms with E-state index in [1.807, 2.05) is 24.3 Å². The quantitative estimate of drug-likeness (QED) is 0.767. The standard InChI is InChI=1S/C19H18ClNO4/c1-24-17-7-2-4-13(8-17)12-25-19(23)14-9-18(22)21(11-14)16-6-3-5-15(20)10-16/h2-8,10,14H,9,11-12H2,1H3. The molecule has 1 unspecified atom stereocenters. The summed E-state index contributed by atoms with van der Waals surface area (Å²) in [6, 6.07) is 14.4. The maximum Gasteiger partial charge on any atom is 0.311 e. The third-order valence-electron chi connectivity index (χ3n) is 4.09. The lowest BCUT2D eigenvalue weighted by Gasteiger charge is -2.16. The van der Waals surface area contributed by atoms with Crippen molar-refractivity contribution in [2.75, 3.05) is 18.6 Å². The molecule has 0 N–H and O–H groups in total. The second-order valence-electron chi connectivity index (χ2n) is 5.84. The second-order valence-corrected chi connectivity index (χ2v) is 6.28. The van der Waals surface area contributed by atoms with Crippen LogP contribution in [0, 0.1) is 5.92 Å². The molecule has 1 fully saturated rings. The van der Waals surface area contributed by atoms with E-state index in [9.17, 15) is 9.59 Å². The molecule has 2 aromatic rings. The number of nitrogens with zero attached hydrogens (tertiary/aromatic N) is 1. The maximum atomic E-state index is 12.3. The van der Waals surface area contributed by atoms with Gasteiger partial charge in [0.25, 0.3) is 0 Å². The largest absolute Gasteiger partial charge is 0.497 e. The number of anilines is 1. The summed E-state index contributed by atoms with van der Waals surface area (Å²) in [5, 5.41) is 0.550. The first-order chi connectivity index (χ1) is 12.1. The van der Waals surface area contributed by atoms with Gasteiger partial charge in [-0.25, -0.2) is 0 Å². The van der Waals surface area contributed by atoms with Gasteiger partial charge >= 0.3 is 5.97 Å². The Labute approximate surface area is 151 Å². The average Bonchev–Trinajstić information content (AvgIpc) is 3.02. The van der Waals surface area contributed by atoms with Gasteiger partial charge in [0, 0.05) is 23.7 Å². The van der Waals surface area contributed by atoms with E-state index >= 15 is 0 Å². The first kappa shape index (κ1) is 17.3. The van der Waals surface area contributed by atoms with Gasteiger partial charge in [-0.3, -0.25) is 9.59 Å². The van der Waals surface area contributed by atoms with Crippen LogP contribution >= 0.6 is 11.6 Å². The van der Waals surface area contributed by atoms with Crippen LogP contribution in [0.25, 0.3) is 0 Å². The zero-order valence-corrected chi connectivity index (χ0v) is 14.5. The molecule has 130 valence electrons. The topological polar surface area (TPSA) is 55.8 Å². The van der Waals surface area contributed by atoms with Crippen LogP contribution in [0.2, 0.25) is 5.02 Å². The first-order valence-corrected chi connectivity index (χ1v) is 8.30. The Bertz CT molecular complexity index is 792. The zero-order chi connectivity index (χ0) is 17.8. The Balaban J connectivity index is 1.61. The Hall–Kier alpha value is -2.53. The molecule has 1 atom stereocenters. The third-order valence-corrected chi connectivity index (χ3v) is 4.33. The van der Waals surface area contributed by atoms with Crippen LogP contribution in [0.4, 0.5) is 5.69 Å². The van der Waals surface area contributed by atoms with Crippen LogP contribution in [0.15, 0.2) is 48.5 Å². The lowest BCUT2D eigenvalue weighted by molar-refractivity contribution is -0.149. The van der Waals surface area contributed by atoms with Crippen LogP contribution in [0.1, 0.15) is 12.0 Å². The number of benzene rings is 2. The summed E-state index contributed by atoms with van der Waals surface area (Å²) in [5.41, 5.74) is 1.53. The van der Waals surface area contributed by atoms with Crippen LogP contribution in [-0.2, 0) is 20.9 Å². The molecular formula is C19H18ClNO4. The summed E-state index contributed by atoms with van der Waals surface area (Å²) in [7, 11) is 1.58. The molecule has 25 heavy (non-hydrogen) atoms. The van der Waals surface area contributed by atoms with Gasteiger partial charge in [-0.05, 0) is 35.9 Å². The highest BCUT2D eigenvalue weighted by Crippen LogP contribution is 2.28. The fourth-order valence-corrected chi connectivity index (χ4v) is 2.98. The van der Waals surface area contributed by atoms with E-state index in [2.05, 4.69) is 0 Å². The molecule has 1 amide bonds. The summed E-state index contributed by atoms with van der Waals surface area (Å²) in [5.74, 6) is -0.250. The van der Waals surface area contributed by atoms with Crippen molar-refractivity contribution < 1.29 is 19.1 Å². The Morgan fingerprint density at radius 1 is 1.24 bits per heavy atom. The van der Waals surface area contributed by atoms with E-state index in [4.69, 9.17) is 21.1 Å². The fourth-order valence-electron chi connectivity index (χ4n) is 2.79. The molecule has 1 aliphatic heterocycles. The summed E-state index contributed by atoms with van der Waals surface area (Å²) in [6.07, 6.45) is 0.142. The molecule has 0 aromatic heterocycles.